The SMILES string of the molecule is CCCC/C=C\CCCCCCCC(=O)OC(COC(=O)CCCCCCC/C=C\C/C=C\CCCCC)COP(=O)(O)OCC(O)COP(=O)(O)OCC(COC(=O)CCCCCCC/C=C\CCCCCC)OC(=O)CCCCCCCCCCCCCCC. The average molecular weight is 1350 g/mol. The van der Waals surface area contributed by atoms with E-state index in [-0.39, 0.29) is 25.7 Å². The summed E-state index contributed by atoms with van der Waals surface area (Å²) in [5, 5.41) is 10.6. The molecule has 0 heterocycles. The maximum atomic E-state index is 13.0. The number of allylic oxidation sites excluding steroid dienone is 8. The smallest absolute Gasteiger partial charge is 0.462 e. The molecule has 5 atom stereocenters. The first kappa shape index (κ1) is 89.0. The Labute approximate surface area is 559 Å². The number of carbonyl (C=O) groups excluding carboxylic acids is 4. The van der Waals surface area contributed by atoms with Gasteiger partial charge < -0.3 is 33.8 Å². The molecule has 92 heavy (non-hydrogen) atoms. The Bertz CT molecular complexity index is 1940. The van der Waals surface area contributed by atoms with E-state index in [2.05, 4.69) is 76.3 Å². The van der Waals surface area contributed by atoms with Crippen LogP contribution in [0.5, 0.6) is 0 Å². The Kier molecular flexibility index (Phi) is 64.5. The summed E-state index contributed by atoms with van der Waals surface area (Å²) in [6.07, 6.45) is 61.1. The highest BCUT2D eigenvalue weighted by atomic mass is 31.2. The second-order valence-corrected chi connectivity index (χ2v) is 27.8. The van der Waals surface area contributed by atoms with E-state index in [0.29, 0.717) is 25.7 Å². The Morgan fingerprint density at radius 3 is 0.880 bits per heavy atom. The van der Waals surface area contributed by atoms with Gasteiger partial charge in [0.25, 0.3) is 0 Å². The quantitative estimate of drug-likeness (QED) is 0.0169. The largest absolute Gasteiger partial charge is 0.472 e. The van der Waals surface area contributed by atoms with E-state index in [4.69, 9.17) is 37.0 Å². The maximum Gasteiger partial charge on any atom is 0.472 e. The lowest BCUT2D eigenvalue weighted by Gasteiger charge is -2.21. The second kappa shape index (κ2) is 66.6. The van der Waals surface area contributed by atoms with E-state index in [9.17, 15) is 43.2 Å². The number of aliphatic hydroxyl groups excluding tert-OH is 1. The fraction of sp³-hybridized carbons (Fsp3) is 0.836. The van der Waals surface area contributed by atoms with E-state index >= 15 is 0 Å². The van der Waals surface area contributed by atoms with Gasteiger partial charge in [0, 0.05) is 25.7 Å². The highest BCUT2D eigenvalue weighted by Crippen LogP contribution is 2.45. The molecule has 0 aliphatic carbocycles. The fourth-order valence-electron chi connectivity index (χ4n) is 10.0. The van der Waals surface area contributed by atoms with Crippen molar-refractivity contribution in [3.8, 4) is 0 Å². The predicted octanol–water partition coefficient (Wildman–Crippen LogP) is 20.6. The number of hydrogen-bond donors (Lipinski definition) is 3. The standard InChI is InChI=1S/C73H134O17P2/c1-5-9-13-17-21-25-29-32-33-36-39-42-46-50-54-58-71(76)84-63-68(89-72(77)59-55-51-47-43-37-28-24-20-16-12-8-4)65-87-91(79,80)85-61-67(74)62-86-92(81,82)88-66-69(90-73(78)60-56-52-48-44-40-35-31-27-23-19-15-11-7-3)64-83-70(75)57-53-49-45-41-38-34-30-26-22-18-14-10-6-2/h20-21,24-26,30,32-33,67-69,74H,5-19,22-23,27-29,31,34-66H2,1-4H3,(H,79,80)(H,81,82)/b24-20-,25-21-,30-26-,33-32-. The minimum absolute atomic E-state index is 0.0856. The molecule has 17 nitrogen and oxygen atoms in total. The number of ether oxygens (including phenoxy) is 4. The van der Waals surface area contributed by atoms with Gasteiger partial charge in [-0.25, -0.2) is 9.13 Å². The van der Waals surface area contributed by atoms with Crippen molar-refractivity contribution in [2.24, 2.45) is 0 Å². The van der Waals surface area contributed by atoms with Crippen molar-refractivity contribution in [2.75, 3.05) is 39.6 Å². The number of rotatable bonds is 70. The minimum atomic E-state index is -4.96. The van der Waals surface area contributed by atoms with Crippen LogP contribution in [0, 0.1) is 0 Å². The molecule has 0 saturated heterocycles. The van der Waals surface area contributed by atoms with Crippen LogP contribution >= 0.6 is 15.6 Å². The molecule has 0 spiro atoms. The lowest BCUT2D eigenvalue weighted by Crippen LogP contribution is -2.30. The zero-order valence-corrected chi connectivity index (χ0v) is 60.3. The van der Waals surface area contributed by atoms with Gasteiger partial charge in [-0.15, -0.1) is 0 Å². The number of unbranched alkanes of at least 4 members (excludes halogenated alkanes) is 36. The number of esters is 4. The Morgan fingerprint density at radius 1 is 0.304 bits per heavy atom. The zero-order valence-electron chi connectivity index (χ0n) is 58.5. The molecule has 0 radical (unpaired) electrons. The molecule has 0 rings (SSSR count). The lowest BCUT2D eigenvalue weighted by atomic mass is 10.0. The van der Waals surface area contributed by atoms with Crippen LogP contribution in [0.25, 0.3) is 0 Å². The number of phosphoric ester groups is 2. The topological polar surface area (TPSA) is 237 Å². The van der Waals surface area contributed by atoms with E-state index in [1.807, 2.05) is 0 Å². The van der Waals surface area contributed by atoms with Crippen LogP contribution in [0.3, 0.4) is 0 Å². The van der Waals surface area contributed by atoms with Crippen LogP contribution in [0.2, 0.25) is 0 Å². The van der Waals surface area contributed by atoms with Crippen LogP contribution in [0.15, 0.2) is 48.6 Å². The number of phosphoric acid groups is 2. The van der Waals surface area contributed by atoms with E-state index in [1.165, 1.54) is 109 Å². The molecule has 3 N–H and O–H groups in total. The fourth-order valence-corrected chi connectivity index (χ4v) is 11.6. The first-order chi connectivity index (χ1) is 44.7. The normalized spacial score (nSPS) is 14.3. The Hall–Kier alpha value is -2.98. The first-order valence-corrected chi connectivity index (χ1v) is 39.9. The van der Waals surface area contributed by atoms with Crippen molar-refractivity contribution in [3.63, 3.8) is 0 Å². The molecule has 0 aromatic heterocycles. The third-order valence-electron chi connectivity index (χ3n) is 15.8. The molecule has 0 aliphatic heterocycles. The van der Waals surface area contributed by atoms with Crippen LogP contribution in [0.4, 0.5) is 0 Å². The molecule has 19 heteroatoms. The molecule has 538 valence electrons. The highest BCUT2D eigenvalue weighted by molar-refractivity contribution is 7.47. The summed E-state index contributed by atoms with van der Waals surface area (Å²) < 4.78 is 68.3. The second-order valence-electron chi connectivity index (χ2n) is 24.9. The molecule has 0 saturated carbocycles. The van der Waals surface area contributed by atoms with Crippen molar-refractivity contribution in [1.29, 1.82) is 0 Å². The van der Waals surface area contributed by atoms with Gasteiger partial charge >= 0.3 is 39.5 Å². The summed E-state index contributed by atoms with van der Waals surface area (Å²) in [5.74, 6) is -2.18. The Morgan fingerprint density at radius 2 is 0.543 bits per heavy atom. The molecule has 0 aromatic carbocycles. The summed E-state index contributed by atoms with van der Waals surface area (Å²) >= 11 is 0. The molecular formula is C73H134O17P2. The molecule has 0 fully saturated rings. The van der Waals surface area contributed by atoms with Gasteiger partial charge in [0.2, 0.25) is 0 Å². The van der Waals surface area contributed by atoms with E-state index < -0.39 is 97.5 Å². The van der Waals surface area contributed by atoms with Crippen LogP contribution in [0.1, 0.15) is 336 Å². The van der Waals surface area contributed by atoms with Crippen molar-refractivity contribution < 1.29 is 80.2 Å². The summed E-state index contributed by atoms with van der Waals surface area (Å²) in [6, 6.07) is 0. The van der Waals surface area contributed by atoms with Crippen LogP contribution < -0.4 is 0 Å². The van der Waals surface area contributed by atoms with Crippen molar-refractivity contribution >= 4 is 39.5 Å². The van der Waals surface area contributed by atoms with Crippen LogP contribution in [-0.2, 0) is 65.4 Å². The van der Waals surface area contributed by atoms with Crippen molar-refractivity contribution in [3.05, 3.63) is 48.6 Å². The predicted molar refractivity (Wildman–Crippen MR) is 372 cm³/mol. The average Bonchev–Trinajstić information content (AvgIpc) is 3.74. The maximum absolute atomic E-state index is 13.0. The van der Waals surface area contributed by atoms with Gasteiger partial charge in [0.05, 0.1) is 26.4 Å². The molecule has 5 unspecified atom stereocenters. The van der Waals surface area contributed by atoms with Crippen molar-refractivity contribution in [1.82, 2.24) is 0 Å². The van der Waals surface area contributed by atoms with Gasteiger partial charge in [0.15, 0.2) is 12.2 Å². The molecule has 0 aromatic rings. The van der Waals surface area contributed by atoms with Crippen molar-refractivity contribution in [2.45, 2.75) is 354 Å². The summed E-state index contributed by atoms with van der Waals surface area (Å²) in [4.78, 5) is 72.6. The molecule has 0 amide bonds. The van der Waals surface area contributed by atoms with E-state index in [1.54, 1.807) is 0 Å². The number of carbonyl (C=O) groups is 4. The number of aliphatic hydroxyl groups is 1. The molecule has 0 bridgehead atoms. The van der Waals surface area contributed by atoms with Gasteiger partial charge in [-0.2, -0.15) is 0 Å². The number of hydrogen-bond acceptors (Lipinski definition) is 15. The first-order valence-electron chi connectivity index (χ1n) is 36.9. The molecule has 0 aliphatic rings. The summed E-state index contributed by atoms with van der Waals surface area (Å²) in [5.41, 5.74) is 0. The molecular weight excluding hydrogens is 1210 g/mol. The summed E-state index contributed by atoms with van der Waals surface area (Å²) in [6.45, 7) is 4.80. The minimum Gasteiger partial charge on any atom is -0.462 e. The van der Waals surface area contributed by atoms with Gasteiger partial charge in [-0.05, 0) is 103 Å². The summed E-state index contributed by atoms with van der Waals surface area (Å²) in [7, 11) is -9.93. The Balaban J connectivity index is 5.30. The van der Waals surface area contributed by atoms with E-state index in [0.717, 1.165) is 148 Å². The monoisotopic (exact) mass is 1340 g/mol. The van der Waals surface area contributed by atoms with Gasteiger partial charge in [-0.3, -0.25) is 37.3 Å². The lowest BCUT2D eigenvalue weighted by molar-refractivity contribution is -0.161. The third kappa shape index (κ3) is 65.7. The van der Waals surface area contributed by atoms with Gasteiger partial charge in [0.1, 0.15) is 19.3 Å². The highest BCUT2D eigenvalue weighted by Gasteiger charge is 2.30. The van der Waals surface area contributed by atoms with Crippen LogP contribution in [-0.4, -0.2) is 96.7 Å². The zero-order chi connectivity index (χ0) is 67.5. The third-order valence-corrected chi connectivity index (χ3v) is 17.7. The van der Waals surface area contributed by atoms with Gasteiger partial charge in [-0.1, -0.05) is 256 Å².